The van der Waals surface area contributed by atoms with E-state index in [0.717, 1.165) is 10.5 Å². The molecule has 2 atom stereocenters. The van der Waals surface area contributed by atoms with Crippen LogP contribution in [-0.2, 0) is 14.8 Å². The first-order chi connectivity index (χ1) is 16.6. The number of primary sulfonamides is 1. The highest BCUT2D eigenvalue weighted by Gasteiger charge is 2.26. The molecule has 35 heavy (non-hydrogen) atoms. The molecular weight excluding hydrogens is 502 g/mol. The summed E-state index contributed by atoms with van der Waals surface area (Å²) in [6.45, 7) is 3.56. The highest BCUT2D eigenvalue weighted by atomic mass is 33.1. The van der Waals surface area contributed by atoms with Crippen LogP contribution in [0.25, 0.3) is 0 Å². The largest absolute Gasteiger partial charge is 0.342 e. The molecule has 1 unspecified atom stereocenters. The second-order valence-electron chi connectivity index (χ2n) is 7.90. The lowest BCUT2D eigenvalue weighted by atomic mass is 10.1. The third-order valence-electron chi connectivity index (χ3n) is 5.49. The predicted molar refractivity (Wildman–Crippen MR) is 143 cm³/mol. The number of carbonyl (C=O) groups is 2. The predicted octanol–water partition coefficient (Wildman–Crippen LogP) is 4.93. The Morgan fingerprint density at radius 3 is 2.14 bits per heavy atom. The molecular formula is C25H27N3O4S3. The molecule has 0 saturated carbocycles. The van der Waals surface area contributed by atoms with Crippen LogP contribution < -0.4 is 10.5 Å². The molecule has 0 aromatic heterocycles. The molecule has 0 aliphatic heterocycles. The standard InChI is InChI=1S/C25H27N3O4S3/c1-17(28(3)18(2)29)24(19-9-5-4-6-10-19)34-33-23-12-8-7-11-22(23)25(30)27-20-13-15-21(16-14-20)35(26,31)32/h4-17,24H,1-3H3,(H,27,30)(H2,26,31,32)/t17-,24?/m0/s1. The molecule has 0 bridgehead atoms. The lowest BCUT2D eigenvalue weighted by molar-refractivity contribution is -0.129. The average Bonchev–Trinajstić information content (AvgIpc) is 2.84. The van der Waals surface area contributed by atoms with Crippen LogP contribution in [0.1, 0.15) is 35.0 Å². The van der Waals surface area contributed by atoms with Crippen LogP contribution in [-0.4, -0.2) is 38.2 Å². The van der Waals surface area contributed by atoms with Crippen molar-refractivity contribution in [3.63, 3.8) is 0 Å². The van der Waals surface area contributed by atoms with Crippen molar-refractivity contribution >= 4 is 49.1 Å². The van der Waals surface area contributed by atoms with Crippen molar-refractivity contribution in [1.82, 2.24) is 4.90 Å². The summed E-state index contributed by atoms with van der Waals surface area (Å²) in [7, 11) is 1.04. The Morgan fingerprint density at radius 1 is 0.943 bits per heavy atom. The maximum Gasteiger partial charge on any atom is 0.256 e. The molecule has 7 nitrogen and oxygen atoms in total. The number of likely N-dealkylation sites (N-methyl/N-ethyl adjacent to an activating group) is 1. The van der Waals surface area contributed by atoms with Crippen LogP contribution in [0.15, 0.2) is 88.7 Å². The van der Waals surface area contributed by atoms with Gasteiger partial charge in [-0.3, -0.25) is 9.59 Å². The Morgan fingerprint density at radius 2 is 1.54 bits per heavy atom. The quantitative estimate of drug-likeness (QED) is 0.380. The minimum absolute atomic E-state index is 0.0164. The second-order valence-corrected chi connectivity index (χ2v) is 11.8. The van der Waals surface area contributed by atoms with Crippen molar-refractivity contribution in [2.75, 3.05) is 12.4 Å². The average molecular weight is 530 g/mol. The summed E-state index contributed by atoms with van der Waals surface area (Å²) in [4.78, 5) is 27.5. The van der Waals surface area contributed by atoms with E-state index in [2.05, 4.69) is 5.32 Å². The Kier molecular flexibility index (Phi) is 9.01. The molecule has 3 rings (SSSR count). The summed E-state index contributed by atoms with van der Waals surface area (Å²) in [5.41, 5.74) is 2.02. The van der Waals surface area contributed by atoms with E-state index in [1.807, 2.05) is 49.4 Å². The van der Waals surface area contributed by atoms with Gasteiger partial charge in [0.05, 0.1) is 15.7 Å². The molecule has 3 N–H and O–H groups in total. The lowest BCUT2D eigenvalue weighted by Crippen LogP contribution is -2.36. The Bertz CT molecular complexity index is 1280. The fourth-order valence-electron chi connectivity index (χ4n) is 3.30. The van der Waals surface area contributed by atoms with Gasteiger partial charge < -0.3 is 10.2 Å². The van der Waals surface area contributed by atoms with Crippen LogP contribution in [0, 0.1) is 0 Å². The topological polar surface area (TPSA) is 110 Å². The number of sulfonamides is 1. The Hall–Kier alpha value is -2.79. The summed E-state index contributed by atoms with van der Waals surface area (Å²) < 4.78 is 22.9. The van der Waals surface area contributed by atoms with E-state index in [4.69, 9.17) is 5.14 Å². The first-order valence-corrected chi connectivity index (χ1v) is 14.5. The third-order valence-corrected chi connectivity index (χ3v) is 9.37. The molecule has 0 radical (unpaired) electrons. The fourth-order valence-corrected chi connectivity index (χ4v) is 6.90. The number of nitrogens with two attached hydrogens (primary N) is 1. The first-order valence-electron chi connectivity index (χ1n) is 10.7. The molecule has 0 aliphatic rings. The molecule has 0 fully saturated rings. The molecule has 0 spiro atoms. The van der Waals surface area contributed by atoms with Crippen LogP contribution in [0.2, 0.25) is 0 Å². The monoisotopic (exact) mass is 529 g/mol. The van der Waals surface area contributed by atoms with E-state index in [1.165, 1.54) is 35.1 Å². The van der Waals surface area contributed by atoms with E-state index in [9.17, 15) is 18.0 Å². The van der Waals surface area contributed by atoms with Crippen molar-refractivity contribution in [2.45, 2.75) is 34.9 Å². The smallest absolute Gasteiger partial charge is 0.256 e. The van der Waals surface area contributed by atoms with Gasteiger partial charge in [-0.1, -0.05) is 64.1 Å². The van der Waals surface area contributed by atoms with Crippen LogP contribution in [0.3, 0.4) is 0 Å². The van der Waals surface area contributed by atoms with Crippen LogP contribution >= 0.6 is 21.6 Å². The number of hydrogen-bond donors (Lipinski definition) is 2. The second kappa shape index (κ2) is 11.8. The summed E-state index contributed by atoms with van der Waals surface area (Å²) in [5, 5.41) is 7.91. The van der Waals surface area contributed by atoms with Crippen molar-refractivity contribution in [3.8, 4) is 0 Å². The summed E-state index contributed by atoms with van der Waals surface area (Å²) in [6, 6.07) is 22.8. The number of nitrogens with zero attached hydrogens (tertiary/aromatic N) is 1. The number of benzene rings is 3. The van der Waals surface area contributed by atoms with Gasteiger partial charge in [-0.05, 0) is 48.9 Å². The van der Waals surface area contributed by atoms with Crippen molar-refractivity contribution in [2.24, 2.45) is 5.14 Å². The maximum absolute atomic E-state index is 13.0. The van der Waals surface area contributed by atoms with Gasteiger partial charge in [0.25, 0.3) is 5.91 Å². The Labute approximate surface area is 213 Å². The Balaban J connectivity index is 1.79. The highest BCUT2D eigenvalue weighted by molar-refractivity contribution is 8.76. The molecule has 0 saturated heterocycles. The molecule has 3 aromatic carbocycles. The van der Waals surface area contributed by atoms with Gasteiger partial charge in [0.15, 0.2) is 0 Å². The van der Waals surface area contributed by atoms with E-state index in [0.29, 0.717) is 11.3 Å². The van der Waals surface area contributed by atoms with E-state index in [1.54, 1.807) is 41.8 Å². The lowest BCUT2D eigenvalue weighted by Gasteiger charge is -2.31. The number of nitrogens with one attached hydrogen (secondary N) is 1. The van der Waals surface area contributed by atoms with Gasteiger partial charge in [-0.15, -0.1) is 0 Å². The number of anilines is 1. The zero-order valence-electron chi connectivity index (χ0n) is 19.5. The number of rotatable bonds is 9. The number of carbonyl (C=O) groups excluding carboxylic acids is 2. The van der Waals surface area contributed by atoms with Crippen molar-refractivity contribution in [1.29, 1.82) is 0 Å². The van der Waals surface area contributed by atoms with Gasteiger partial charge in [0.1, 0.15) is 0 Å². The molecule has 184 valence electrons. The molecule has 10 heteroatoms. The minimum atomic E-state index is -3.81. The van der Waals surface area contributed by atoms with Gasteiger partial charge >= 0.3 is 0 Å². The molecule has 0 heterocycles. The summed E-state index contributed by atoms with van der Waals surface area (Å²) in [5.74, 6) is -0.334. The van der Waals surface area contributed by atoms with E-state index in [-0.39, 0.29) is 28.0 Å². The molecule has 2 amide bonds. The van der Waals surface area contributed by atoms with Gasteiger partial charge in [0.2, 0.25) is 15.9 Å². The van der Waals surface area contributed by atoms with Gasteiger partial charge in [-0.2, -0.15) is 0 Å². The zero-order valence-corrected chi connectivity index (χ0v) is 22.0. The summed E-state index contributed by atoms with van der Waals surface area (Å²) in [6.07, 6.45) is 0. The van der Waals surface area contributed by atoms with Crippen LogP contribution in [0.5, 0.6) is 0 Å². The first kappa shape index (κ1) is 26.8. The highest BCUT2D eigenvalue weighted by Crippen LogP contribution is 2.46. The number of amides is 2. The SMILES string of the molecule is CC(=O)N(C)[C@@H](C)C(SSc1ccccc1C(=O)Nc1ccc(S(N)(=O)=O)cc1)c1ccccc1. The van der Waals surface area contributed by atoms with Crippen LogP contribution in [0.4, 0.5) is 5.69 Å². The van der Waals surface area contributed by atoms with Gasteiger partial charge in [-0.25, -0.2) is 13.6 Å². The minimum Gasteiger partial charge on any atom is -0.342 e. The van der Waals surface area contributed by atoms with E-state index < -0.39 is 10.0 Å². The number of hydrogen-bond acceptors (Lipinski definition) is 6. The van der Waals surface area contributed by atoms with Crippen molar-refractivity contribution < 1.29 is 18.0 Å². The normalized spacial score (nSPS) is 13.0. The fraction of sp³-hybridized carbons (Fsp3) is 0.200. The van der Waals surface area contributed by atoms with Gasteiger partial charge in [0, 0.05) is 30.6 Å². The zero-order chi connectivity index (χ0) is 25.6. The summed E-state index contributed by atoms with van der Waals surface area (Å²) >= 11 is 0. The maximum atomic E-state index is 13.0. The van der Waals surface area contributed by atoms with Crippen molar-refractivity contribution in [3.05, 3.63) is 90.0 Å². The van der Waals surface area contributed by atoms with E-state index >= 15 is 0 Å². The third kappa shape index (κ3) is 7.11. The molecule has 0 aliphatic carbocycles. The molecule has 3 aromatic rings.